The quantitative estimate of drug-likeness (QED) is 0.573. The largest absolute Gasteiger partial charge is 0.391 e. The maximum atomic E-state index is 13.0. The number of H-pyrrole nitrogens is 1. The second-order valence-electron chi connectivity index (χ2n) is 4.84. The predicted molar refractivity (Wildman–Crippen MR) is 82.8 cm³/mol. The van der Waals surface area contributed by atoms with Gasteiger partial charge >= 0.3 is 0 Å². The summed E-state index contributed by atoms with van der Waals surface area (Å²) in [6.07, 6.45) is 3.12. The Labute approximate surface area is 131 Å². The van der Waals surface area contributed by atoms with Crippen molar-refractivity contribution in [1.29, 1.82) is 0 Å². The third kappa shape index (κ3) is 3.79. The first-order valence-corrected chi connectivity index (χ1v) is 6.91. The molecule has 3 aromatic rings. The highest BCUT2D eigenvalue weighted by molar-refractivity contribution is 5.88. The van der Waals surface area contributed by atoms with Crippen LogP contribution in [0.5, 0.6) is 0 Å². The van der Waals surface area contributed by atoms with Gasteiger partial charge in [-0.25, -0.2) is 8.78 Å². The number of hydrogen-bond acceptors (Lipinski definition) is 3. The summed E-state index contributed by atoms with van der Waals surface area (Å²) in [5, 5.41) is 10.7. The smallest absolute Gasteiger partial charge is 0.142 e. The van der Waals surface area contributed by atoms with Gasteiger partial charge in [0.2, 0.25) is 0 Å². The lowest BCUT2D eigenvalue weighted by Crippen LogP contribution is -1.90. The number of aromatic nitrogens is 2. The molecule has 1 N–H and O–H groups in total. The van der Waals surface area contributed by atoms with Gasteiger partial charge in [0, 0.05) is 11.1 Å². The van der Waals surface area contributed by atoms with Crippen molar-refractivity contribution in [2.45, 2.75) is 6.61 Å². The minimum atomic E-state index is -0.300. The Balaban J connectivity index is 1.65. The second-order valence-corrected chi connectivity index (χ2v) is 4.84. The molecule has 23 heavy (non-hydrogen) atoms. The first kappa shape index (κ1) is 14.9. The molecule has 116 valence electrons. The van der Waals surface area contributed by atoms with Crippen LogP contribution in [0.25, 0.3) is 11.3 Å². The molecule has 0 spiro atoms. The summed E-state index contributed by atoms with van der Waals surface area (Å²) in [7, 11) is 0. The number of aromatic amines is 1. The predicted octanol–water partition coefficient (Wildman–Crippen LogP) is 3.91. The molecule has 6 heteroatoms. The average Bonchev–Trinajstić information content (AvgIpc) is 3.02. The van der Waals surface area contributed by atoms with Crippen LogP contribution < -0.4 is 0 Å². The third-order valence-corrected chi connectivity index (χ3v) is 3.21. The van der Waals surface area contributed by atoms with Gasteiger partial charge in [0.05, 0.1) is 18.1 Å². The van der Waals surface area contributed by atoms with Gasteiger partial charge < -0.3 is 4.84 Å². The Bertz CT molecular complexity index is 795. The van der Waals surface area contributed by atoms with Gasteiger partial charge in [-0.3, -0.25) is 5.10 Å². The van der Waals surface area contributed by atoms with E-state index in [1.807, 2.05) is 0 Å². The minimum absolute atomic E-state index is 0.237. The lowest BCUT2D eigenvalue weighted by molar-refractivity contribution is 0.132. The summed E-state index contributed by atoms with van der Waals surface area (Å²) in [6.45, 7) is 0.237. The SMILES string of the molecule is Fc1ccc(CO/N=C\c2cn[nH]c2-c2ccc(F)cc2)cc1. The lowest BCUT2D eigenvalue weighted by Gasteiger charge is -2.01. The van der Waals surface area contributed by atoms with Gasteiger partial charge in [-0.1, -0.05) is 17.3 Å². The summed E-state index contributed by atoms with van der Waals surface area (Å²) in [5.41, 5.74) is 3.05. The molecule has 0 aliphatic rings. The number of benzene rings is 2. The van der Waals surface area contributed by atoms with Crippen LogP contribution in [0.1, 0.15) is 11.1 Å². The monoisotopic (exact) mass is 313 g/mol. The summed E-state index contributed by atoms with van der Waals surface area (Å²) >= 11 is 0. The molecule has 0 fully saturated rings. The Hall–Kier alpha value is -3.02. The van der Waals surface area contributed by atoms with Crippen molar-refractivity contribution in [3.8, 4) is 11.3 Å². The lowest BCUT2D eigenvalue weighted by atomic mass is 10.1. The summed E-state index contributed by atoms with van der Waals surface area (Å²) in [6, 6.07) is 12.1. The van der Waals surface area contributed by atoms with Crippen LogP contribution in [0, 0.1) is 11.6 Å². The molecule has 0 aliphatic carbocycles. The molecule has 4 nitrogen and oxygen atoms in total. The Morgan fingerprint density at radius 2 is 1.65 bits per heavy atom. The molecular formula is C17H13F2N3O. The fourth-order valence-electron chi connectivity index (χ4n) is 2.03. The molecule has 0 amide bonds. The zero-order valence-corrected chi connectivity index (χ0v) is 12.0. The van der Waals surface area contributed by atoms with Crippen molar-refractivity contribution in [3.05, 3.63) is 77.5 Å². The number of halogens is 2. The second kappa shape index (κ2) is 6.83. The topological polar surface area (TPSA) is 50.3 Å². The van der Waals surface area contributed by atoms with Crippen molar-refractivity contribution < 1.29 is 13.6 Å². The van der Waals surface area contributed by atoms with Crippen LogP contribution in [0.3, 0.4) is 0 Å². The Morgan fingerprint density at radius 1 is 1.00 bits per heavy atom. The molecule has 1 heterocycles. The molecular weight excluding hydrogens is 300 g/mol. The van der Waals surface area contributed by atoms with Crippen molar-refractivity contribution in [2.75, 3.05) is 0 Å². The van der Waals surface area contributed by atoms with Crippen molar-refractivity contribution >= 4 is 6.21 Å². The summed E-state index contributed by atoms with van der Waals surface area (Å²) in [5.74, 6) is -0.592. The zero-order chi connectivity index (χ0) is 16.1. The fraction of sp³-hybridized carbons (Fsp3) is 0.0588. The molecule has 0 bridgehead atoms. The highest BCUT2D eigenvalue weighted by Gasteiger charge is 2.06. The van der Waals surface area contributed by atoms with Crippen LogP contribution >= 0.6 is 0 Å². The highest BCUT2D eigenvalue weighted by Crippen LogP contribution is 2.20. The maximum absolute atomic E-state index is 13.0. The molecule has 0 aliphatic heterocycles. The maximum Gasteiger partial charge on any atom is 0.142 e. The van der Waals surface area contributed by atoms with Gasteiger partial charge in [-0.15, -0.1) is 0 Å². The van der Waals surface area contributed by atoms with E-state index >= 15 is 0 Å². The number of hydrogen-bond donors (Lipinski definition) is 1. The van der Waals surface area contributed by atoms with E-state index in [-0.39, 0.29) is 18.2 Å². The van der Waals surface area contributed by atoms with Crippen molar-refractivity contribution in [2.24, 2.45) is 5.16 Å². The molecule has 0 radical (unpaired) electrons. The summed E-state index contributed by atoms with van der Waals surface area (Å²) < 4.78 is 25.8. The van der Waals surface area contributed by atoms with Gasteiger partial charge in [-0.05, 0) is 42.0 Å². The minimum Gasteiger partial charge on any atom is -0.391 e. The highest BCUT2D eigenvalue weighted by atomic mass is 19.1. The van der Waals surface area contributed by atoms with Gasteiger partial charge in [-0.2, -0.15) is 5.10 Å². The molecule has 0 atom stereocenters. The van der Waals surface area contributed by atoms with E-state index in [1.54, 1.807) is 30.5 Å². The van der Waals surface area contributed by atoms with E-state index in [4.69, 9.17) is 4.84 Å². The van der Waals surface area contributed by atoms with Crippen LogP contribution in [-0.2, 0) is 11.4 Å². The van der Waals surface area contributed by atoms with E-state index in [1.165, 1.54) is 30.5 Å². The average molecular weight is 313 g/mol. The number of rotatable bonds is 5. The van der Waals surface area contributed by atoms with E-state index < -0.39 is 0 Å². The first-order valence-electron chi connectivity index (χ1n) is 6.91. The van der Waals surface area contributed by atoms with Crippen molar-refractivity contribution in [1.82, 2.24) is 10.2 Å². The Kier molecular flexibility index (Phi) is 4.42. The van der Waals surface area contributed by atoms with Crippen LogP contribution in [-0.4, -0.2) is 16.4 Å². The van der Waals surface area contributed by atoms with Gasteiger partial charge in [0.1, 0.15) is 18.2 Å². The first-order chi connectivity index (χ1) is 11.2. The molecule has 1 aromatic heterocycles. The zero-order valence-electron chi connectivity index (χ0n) is 12.0. The number of nitrogens with one attached hydrogen (secondary N) is 1. The van der Waals surface area contributed by atoms with E-state index in [0.29, 0.717) is 0 Å². The van der Waals surface area contributed by atoms with Crippen LogP contribution in [0.4, 0.5) is 8.78 Å². The molecule has 2 aromatic carbocycles. The fourth-order valence-corrected chi connectivity index (χ4v) is 2.03. The van der Waals surface area contributed by atoms with Gasteiger partial charge in [0.15, 0.2) is 0 Å². The molecule has 0 unspecified atom stereocenters. The number of nitrogens with zero attached hydrogens (tertiary/aromatic N) is 2. The van der Waals surface area contributed by atoms with Crippen LogP contribution in [0.15, 0.2) is 59.9 Å². The molecule has 0 saturated heterocycles. The van der Waals surface area contributed by atoms with E-state index in [2.05, 4.69) is 15.4 Å². The van der Waals surface area contributed by atoms with Gasteiger partial charge in [0.25, 0.3) is 0 Å². The van der Waals surface area contributed by atoms with E-state index in [9.17, 15) is 8.78 Å². The Morgan fingerprint density at radius 3 is 2.35 bits per heavy atom. The normalized spacial score (nSPS) is 11.0. The standard InChI is InChI=1S/C17H13F2N3O/c18-15-5-1-12(2-6-15)11-23-21-10-14-9-20-22-17(14)13-3-7-16(19)8-4-13/h1-10H,11H2,(H,20,22)/b21-10-. The van der Waals surface area contributed by atoms with E-state index in [0.717, 1.165) is 22.4 Å². The van der Waals surface area contributed by atoms with Crippen LogP contribution in [0.2, 0.25) is 0 Å². The number of oxime groups is 1. The third-order valence-electron chi connectivity index (χ3n) is 3.21. The van der Waals surface area contributed by atoms with Crippen molar-refractivity contribution in [3.63, 3.8) is 0 Å². The molecule has 3 rings (SSSR count). The summed E-state index contributed by atoms with van der Waals surface area (Å²) in [4.78, 5) is 5.19. The molecule has 0 saturated carbocycles.